The topological polar surface area (TPSA) is 49.4 Å². The van der Waals surface area contributed by atoms with Gasteiger partial charge in [-0.2, -0.15) is 0 Å². The minimum Gasteiger partial charge on any atom is -0.347 e. The molecule has 1 aliphatic carbocycles. The molecule has 1 saturated carbocycles. The van der Waals surface area contributed by atoms with Crippen LogP contribution in [-0.2, 0) is 22.6 Å². The smallest absolute Gasteiger partial charge is 0.242 e. The van der Waals surface area contributed by atoms with Crippen molar-refractivity contribution in [3.05, 3.63) is 82.3 Å². The highest BCUT2D eigenvalue weighted by Gasteiger charge is 2.32. The molecular formula is C24H23BrN2O2. The number of carbonyl (C=O) groups is 2. The zero-order valence-electron chi connectivity index (χ0n) is 16.1. The first-order chi connectivity index (χ1) is 14.1. The Morgan fingerprint density at radius 1 is 1.00 bits per heavy atom. The average Bonchev–Trinajstić information content (AvgIpc) is 3.56. The number of hydrogen-bond donors (Lipinski definition) is 1. The molecule has 0 radical (unpaired) electrons. The van der Waals surface area contributed by atoms with Gasteiger partial charge in [-0.15, -0.1) is 0 Å². The molecule has 1 aliphatic rings. The fourth-order valence-corrected chi connectivity index (χ4v) is 4.04. The maximum absolute atomic E-state index is 12.8. The number of amides is 2. The molecule has 29 heavy (non-hydrogen) atoms. The van der Waals surface area contributed by atoms with Crippen molar-refractivity contribution < 1.29 is 9.59 Å². The summed E-state index contributed by atoms with van der Waals surface area (Å²) in [5.41, 5.74) is 2.06. The second-order valence-corrected chi connectivity index (χ2v) is 8.39. The molecule has 148 valence electrons. The van der Waals surface area contributed by atoms with Crippen molar-refractivity contribution in [3.8, 4) is 0 Å². The summed E-state index contributed by atoms with van der Waals surface area (Å²) < 4.78 is 1.00. The minimum atomic E-state index is -0.132. The Bertz CT molecular complexity index is 1040. The summed E-state index contributed by atoms with van der Waals surface area (Å²) in [5, 5.41) is 5.00. The number of nitrogens with one attached hydrogen (secondary N) is 1. The van der Waals surface area contributed by atoms with Crippen molar-refractivity contribution in [1.82, 2.24) is 10.2 Å². The molecule has 4 nitrogen and oxygen atoms in total. The minimum absolute atomic E-state index is 0.0289. The molecule has 1 N–H and O–H groups in total. The highest BCUT2D eigenvalue weighted by Crippen LogP contribution is 2.29. The van der Waals surface area contributed by atoms with Crippen LogP contribution < -0.4 is 5.32 Å². The number of hydrogen-bond acceptors (Lipinski definition) is 2. The Kier molecular flexibility index (Phi) is 5.95. The van der Waals surface area contributed by atoms with Gasteiger partial charge in [-0.1, -0.05) is 70.5 Å². The lowest BCUT2D eigenvalue weighted by Gasteiger charge is -2.23. The Labute approximate surface area is 179 Å². The number of nitrogens with zero attached hydrogens (tertiary/aromatic N) is 1. The zero-order chi connectivity index (χ0) is 20.2. The van der Waals surface area contributed by atoms with E-state index >= 15 is 0 Å². The van der Waals surface area contributed by atoms with Crippen molar-refractivity contribution in [2.24, 2.45) is 0 Å². The predicted molar refractivity (Wildman–Crippen MR) is 118 cm³/mol. The first-order valence-corrected chi connectivity index (χ1v) is 10.7. The Hall–Kier alpha value is -2.66. The highest BCUT2D eigenvalue weighted by molar-refractivity contribution is 9.10. The average molecular weight is 451 g/mol. The van der Waals surface area contributed by atoms with Crippen LogP contribution in [0.4, 0.5) is 0 Å². The monoisotopic (exact) mass is 450 g/mol. The second-order valence-electron chi connectivity index (χ2n) is 7.47. The molecule has 0 atom stereocenters. The van der Waals surface area contributed by atoms with E-state index in [0.717, 1.165) is 39.2 Å². The lowest BCUT2D eigenvalue weighted by Crippen LogP contribution is -2.41. The van der Waals surface area contributed by atoms with Gasteiger partial charge in [-0.3, -0.25) is 9.59 Å². The molecule has 0 spiro atoms. The number of benzene rings is 3. The lowest BCUT2D eigenvalue weighted by molar-refractivity contribution is -0.133. The SMILES string of the molecule is O=C(Cc1cccc2ccccc12)NCC(=O)N(Cc1cccc(Br)c1)C1CC1. The molecular weight excluding hydrogens is 428 g/mol. The van der Waals surface area contributed by atoms with E-state index in [1.54, 1.807) is 0 Å². The van der Waals surface area contributed by atoms with E-state index in [0.29, 0.717) is 6.54 Å². The van der Waals surface area contributed by atoms with E-state index in [-0.39, 0.29) is 30.8 Å². The van der Waals surface area contributed by atoms with Crippen LogP contribution in [0, 0.1) is 0 Å². The second kappa shape index (κ2) is 8.78. The summed E-state index contributed by atoms with van der Waals surface area (Å²) in [5.74, 6) is -0.161. The molecule has 5 heteroatoms. The molecule has 3 aromatic rings. The normalized spacial score (nSPS) is 13.3. The van der Waals surface area contributed by atoms with E-state index in [1.165, 1.54) is 0 Å². The number of carbonyl (C=O) groups excluding carboxylic acids is 2. The van der Waals surface area contributed by atoms with Gasteiger partial charge in [0.15, 0.2) is 0 Å². The number of halogens is 1. The molecule has 2 amide bonds. The van der Waals surface area contributed by atoms with Crippen molar-refractivity contribution >= 4 is 38.5 Å². The van der Waals surface area contributed by atoms with Gasteiger partial charge in [-0.25, -0.2) is 0 Å². The van der Waals surface area contributed by atoms with Gasteiger partial charge in [0.2, 0.25) is 11.8 Å². The third-order valence-electron chi connectivity index (χ3n) is 5.22. The van der Waals surface area contributed by atoms with Gasteiger partial charge >= 0.3 is 0 Å². The summed E-state index contributed by atoms with van der Waals surface area (Å²) in [4.78, 5) is 27.2. The van der Waals surface area contributed by atoms with Crippen molar-refractivity contribution in [1.29, 1.82) is 0 Å². The van der Waals surface area contributed by atoms with Crippen molar-refractivity contribution in [2.75, 3.05) is 6.54 Å². The summed E-state index contributed by atoms with van der Waals surface area (Å²) in [7, 11) is 0. The van der Waals surface area contributed by atoms with Crippen LogP contribution in [-0.4, -0.2) is 29.3 Å². The molecule has 0 unspecified atom stereocenters. The molecule has 4 rings (SSSR count). The number of rotatable bonds is 7. The third-order valence-corrected chi connectivity index (χ3v) is 5.71. The molecule has 0 aromatic heterocycles. The Morgan fingerprint density at radius 2 is 1.76 bits per heavy atom. The maximum Gasteiger partial charge on any atom is 0.242 e. The predicted octanol–water partition coefficient (Wildman–Crippen LogP) is 4.45. The summed E-state index contributed by atoms with van der Waals surface area (Å²) in [6.45, 7) is 0.607. The van der Waals surface area contributed by atoms with Crippen LogP contribution in [0.25, 0.3) is 10.8 Å². The molecule has 0 heterocycles. The van der Waals surface area contributed by atoms with Gasteiger partial charge in [0.25, 0.3) is 0 Å². The maximum atomic E-state index is 12.8. The van der Waals surface area contributed by atoms with E-state index in [1.807, 2.05) is 71.6 Å². The van der Waals surface area contributed by atoms with Gasteiger partial charge in [0.1, 0.15) is 0 Å². The molecule has 0 bridgehead atoms. The fourth-order valence-electron chi connectivity index (χ4n) is 3.60. The number of fused-ring (bicyclic) bond motifs is 1. The van der Waals surface area contributed by atoms with Crippen LogP contribution in [0.5, 0.6) is 0 Å². The molecule has 3 aromatic carbocycles. The Balaban J connectivity index is 1.37. The Morgan fingerprint density at radius 3 is 2.55 bits per heavy atom. The lowest BCUT2D eigenvalue weighted by atomic mass is 10.0. The van der Waals surface area contributed by atoms with Crippen molar-refractivity contribution in [3.63, 3.8) is 0 Å². The van der Waals surface area contributed by atoms with Crippen LogP contribution in [0.2, 0.25) is 0 Å². The van der Waals surface area contributed by atoms with Gasteiger partial charge < -0.3 is 10.2 Å². The molecule has 0 aliphatic heterocycles. The highest BCUT2D eigenvalue weighted by atomic mass is 79.9. The van der Waals surface area contributed by atoms with Crippen LogP contribution in [0.3, 0.4) is 0 Å². The van der Waals surface area contributed by atoms with Crippen LogP contribution in [0.15, 0.2) is 71.2 Å². The van der Waals surface area contributed by atoms with E-state index in [4.69, 9.17) is 0 Å². The van der Waals surface area contributed by atoms with Gasteiger partial charge in [0.05, 0.1) is 13.0 Å². The largest absolute Gasteiger partial charge is 0.347 e. The zero-order valence-corrected chi connectivity index (χ0v) is 17.7. The summed E-state index contributed by atoms with van der Waals surface area (Å²) in [6, 6.07) is 22.3. The van der Waals surface area contributed by atoms with Crippen LogP contribution >= 0.6 is 15.9 Å². The summed E-state index contributed by atoms with van der Waals surface area (Å²) in [6.07, 6.45) is 2.33. The van der Waals surface area contributed by atoms with Crippen LogP contribution in [0.1, 0.15) is 24.0 Å². The van der Waals surface area contributed by atoms with Crippen molar-refractivity contribution in [2.45, 2.75) is 31.8 Å². The summed E-state index contributed by atoms with van der Waals surface area (Å²) >= 11 is 3.48. The first kappa shape index (κ1) is 19.6. The quantitative estimate of drug-likeness (QED) is 0.577. The van der Waals surface area contributed by atoms with Gasteiger partial charge in [0, 0.05) is 17.1 Å². The standard InChI is InChI=1S/C24H23BrN2O2/c25-20-9-3-5-17(13-20)16-27(21-11-12-21)24(29)15-26-23(28)14-19-8-4-7-18-6-1-2-10-22(18)19/h1-10,13,21H,11-12,14-16H2,(H,26,28). The molecule has 1 fully saturated rings. The first-order valence-electron chi connectivity index (χ1n) is 9.87. The van der Waals surface area contributed by atoms with E-state index in [9.17, 15) is 9.59 Å². The van der Waals surface area contributed by atoms with Gasteiger partial charge in [-0.05, 0) is 46.9 Å². The fraction of sp³-hybridized carbons (Fsp3) is 0.250. The molecule has 0 saturated heterocycles. The third kappa shape index (κ3) is 5.04. The van der Waals surface area contributed by atoms with E-state index < -0.39 is 0 Å². The van der Waals surface area contributed by atoms with E-state index in [2.05, 4.69) is 21.2 Å².